The van der Waals surface area contributed by atoms with Crippen LogP contribution in [0.3, 0.4) is 0 Å². The van der Waals surface area contributed by atoms with E-state index in [2.05, 4.69) is 0 Å². The number of ketones is 1. The van der Waals surface area contributed by atoms with E-state index in [1.165, 1.54) is 6.92 Å². The van der Waals surface area contributed by atoms with Gasteiger partial charge in [0.25, 0.3) is 0 Å². The number of aliphatic carboxylic acids is 1. The zero-order valence-corrected chi connectivity index (χ0v) is 10.5. The van der Waals surface area contributed by atoms with E-state index in [0.29, 0.717) is 12.8 Å². The highest BCUT2D eigenvalue weighted by Crippen LogP contribution is 2.34. The molecule has 0 spiro atoms. The van der Waals surface area contributed by atoms with Crippen LogP contribution in [0.2, 0.25) is 0 Å². The number of hydrogen-bond donors (Lipinski definition) is 1. The summed E-state index contributed by atoms with van der Waals surface area (Å²) in [6.45, 7) is 1.42. The van der Waals surface area contributed by atoms with Crippen LogP contribution in [-0.2, 0) is 4.79 Å². The molecule has 1 N–H and O–H groups in total. The molecule has 2 rings (SSSR count). The first-order valence-electron chi connectivity index (χ1n) is 6.12. The fourth-order valence-corrected chi connectivity index (χ4v) is 2.50. The number of aryl methyl sites for hydroxylation is 1. The molecule has 1 aliphatic carbocycles. The molecule has 0 radical (unpaired) electrons. The number of hydrogen-bond acceptors (Lipinski definition) is 2. The summed E-state index contributed by atoms with van der Waals surface area (Å²) in [6, 6.07) is 1.90. The molecule has 5 heteroatoms. The van der Waals surface area contributed by atoms with Crippen LogP contribution in [0.5, 0.6) is 0 Å². The molecule has 1 aliphatic rings. The molecule has 102 valence electrons. The number of benzene rings is 1. The van der Waals surface area contributed by atoms with Gasteiger partial charge in [0, 0.05) is 5.92 Å². The minimum absolute atomic E-state index is 0.142. The quantitative estimate of drug-likeness (QED) is 0.857. The predicted molar refractivity (Wildman–Crippen MR) is 63.9 cm³/mol. The lowest BCUT2D eigenvalue weighted by molar-refractivity contribution is -0.141. The molecule has 2 unspecified atom stereocenters. The highest BCUT2D eigenvalue weighted by molar-refractivity contribution is 5.98. The van der Waals surface area contributed by atoms with Crippen LogP contribution in [0.25, 0.3) is 0 Å². The summed E-state index contributed by atoms with van der Waals surface area (Å²) >= 11 is 0. The summed E-state index contributed by atoms with van der Waals surface area (Å²) in [6.07, 6.45) is 1.01. The van der Waals surface area contributed by atoms with Crippen LogP contribution in [0.4, 0.5) is 8.78 Å². The van der Waals surface area contributed by atoms with E-state index in [1.807, 2.05) is 0 Å². The molecule has 1 saturated carbocycles. The van der Waals surface area contributed by atoms with E-state index >= 15 is 0 Å². The van der Waals surface area contributed by atoms with Crippen molar-refractivity contribution < 1.29 is 23.5 Å². The molecule has 0 saturated heterocycles. The SMILES string of the molecule is Cc1cc(F)c(C(=O)C2CCC(C(=O)O)C2)cc1F. The third-order valence-corrected chi connectivity index (χ3v) is 3.67. The minimum Gasteiger partial charge on any atom is -0.481 e. The van der Waals surface area contributed by atoms with Gasteiger partial charge in [-0.2, -0.15) is 0 Å². The molecular formula is C14H14F2O3. The second-order valence-corrected chi connectivity index (χ2v) is 4.99. The molecule has 3 nitrogen and oxygen atoms in total. The lowest BCUT2D eigenvalue weighted by Crippen LogP contribution is -2.16. The normalized spacial score (nSPS) is 22.5. The number of carbonyl (C=O) groups is 2. The molecule has 0 heterocycles. The van der Waals surface area contributed by atoms with Crippen LogP contribution in [-0.4, -0.2) is 16.9 Å². The summed E-state index contributed by atoms with van der Waals surface area (Å²) in [5.74, 6) is -3.91. The summed E-state index contributed by atoms with van der Waals surface area (Å²) in [5, 5.41) is 8.87. The van der Waals surface area contributed by atoms with Crippen molar-refractivity contribution >= 4 is 11.8 Å². The Morgan fingerprint density at radius 1 is 1.16 bits per heavy atom. The summed E-state index contributed by atoms with van der Waals surface area (Å²) in [4.78, 5) is 22.9. The minimum atomic E-state index is -0.939. The Balaban J connectivity index is 2.22. The maximum Gasteiger partial charge on any atom is 0.306 e. The van der Waals surface area contributed by atoms with Crippen LogP contribution in [0.15, 0.2) is 12.1 Å². The van der Waals surface area contributed by atoms with E-state index in [4.69, 9.17) is 5.11 Å². The van der Waals surface area contributed by atoms with Gasteiger partial charge < -0.3 is 5.11 Å². The Bertz CT molecular complexity index is 540. The number of halogens is 2. The van der Waals surface area contributed by atoms with E-state index in [0.717, 1.165) is 12.1 Å². The number of rotatable bonds is 3. The maximum atomic E-state index is 13.7. The van der Waals surface area contributed by atoms with Crippen LogP contribution in [0.1, 0.15) is 35.2 Å². The maximum absolute atomic E-state index is 13.7. The topological polar surface area (TPSA) is 54.4 Å². The van der Waals surface area contributed by atoms with Gasteiger partial charge in [0.15, 0.2) is 5.78 Å². The van der Waals surface area contributed by atoms with Gasteiger partial charge in [-0.25, -0.2) is 8.78 Å². The zero-order chi connectivity index (χ0) is 14.2. The van der Waals surface area contributed by atoms with E-state index in [9.17, 15) is 18.4 Å². The summed E-state index contributed by atoms with van der Waals surface area (Å²) in [7, 11) is 0. The Morgan fingerprint density at radius 3 is 2.37 bits per heavy atom. The largest absolute Gasteiger partial charge is 0.481 e. The average molecular weight is 268 g/mol. The summed E-state index contributed by atoms with van der Waals surface area (Å²) < 4.78 is 27.1. The lowest BCUT2D eigenvalue weighted by atomic mass is 9.94. The first kappa shape index (κ1) is 13.6. The molecule has 0 aliphatic heterocycles. The van der Waals surface area contributed by atoms with Crippen molar-refractivity contribution in [2.75, 3.05) is 0 Å². The monoisotopic (exact) mass is 268 g/mol. The van der Waals surface area contributed by atoms with Gasteiger partial charge in [-0.05, 0) is 43.9 Å². The van der Waals surface area contributed by atoms with Crippen molar-refractivity contribution in [3.8, 4) is 0 Å². The van der Waals surface area contributed by atoms with E-state index < -0.39 is 35.2 Å². The third kappa shape index (κ3) is 2.64. The molecule has 2 atom stereocenters. The van der Waals surface area contributed by atoms with Crippen molar-refractivity contribution in [2.45, 2.75) is 26.2 Å². The zero-order valence-electron chi connectivity index (χ0n) is 10.5. The fourth-order valence-electron chi connectivity index (χ4n) is 2.50. The van der Waals surface area contributed by atoms with Crippen molar-refractivity contribution in [1.82, 2.24) is 0 Å². The highest BCUT2D eigenvalue weighted by Gasteiger charge is 2.35. The van der Waals surface area contributed by atoms with Gasteiger partial charge in [-0.15, -0.1) is 0 Å². The second kappa shape index (κ2) is 5.07. The van der Waals surface area contributed by atoms with Crippen LogP contribution in [0, 0.1) is 30.4 Å². The Labute approximate surface area is 109 Å². The van der Waals surface area contributed by atoms with Crippen molar-refractivity contribution in [3.63, 3.8) is 0 Å². The molecule has 0 amide bonds. The van der Waals surface area contributed by atoms with E-state index in [1.54, 1.807) is 0 Å². The van der Waals surface area contributed by atoms with Crippen LogP contribution < -0.4 is 0 Å². The highest BCUT2D eigenvalue weighted by atomic mass is 19.1. The van der Waals surface area contributed by atoms with Crippen molar-refractivity contribution in [2.24, 2.45) is 11.8 Å². The standard InChI is InChI=1S/C14H14F2O3/c1-7-4-12(16)10(6-11(7)15)13(17)8-2-3-9(5-8)14(18)19/h4,6,8-9H,2-3,5H2,1H3,(H,18,19). The number of Topliss-reactive ketones (excluding diaryl/α,β-unsaturated/α-hetero) is 1. The van der Waals surface area contributed by atoms with Gasteiger partial charge in [-0.3, -0.25) is 9.59 Å². The van der Waals surface area contributed by atoms with Crippen molar-refractivity contribution in [3.05, 3.63) is 34.9 Å². The molecule has 1 aromatic rings. The second-order valence-electron chi connectivity index (χ2n) is 4.99. The molecule has 19 heavy (non-hydrogen) atoms. The van der Waals surface area contributed by atoms with Crippen LogP contribution >= 0.6 is 0 Å². The predicted octanol–water partition coefficient (Wildman–Crippen LogP) is 2.96. The molecule has 0 aromatic heterocycles. The Morgan fingerprint density at radius 2 is 1.79 bits per heavy atom. The number of carboxylic acids is 1. The third-order valence-electron chi connectivity index (χ3n) is 3.67. The Kier molecular flexibility index (Phi) is 3.64. The van der Waals surface area contributed by atoms with Gasteiger partial charge in [0.2, 0.25) is 0 Å². The van der Waals surface area contributed by atoms with Gasteiger partial charge in [0.1, 0.15) is 11.6 Å². The molecule has 1 aromatic carbocycles. The first-order chi connectivity index (χ1) is 8.90. The van der Waals surface area contributed by atoms with Crippen molar-refractivity contribution in [1.29, 1.82) is 0 Å². The van der Waals surface area contributed by atoms with Gasteiger partial charge >= 0.3 is 5.97 Å². The molecule has 0 bridgehead atoms. The smallest absolute Gasteiger partial charge is 0.306 e. The van der Waals surface area contributed by atoms with E-state index in [-0.39, 0.29) is 17.5 Å². The van der Waals surface area contributed by atoms with Gasteiger partial charge in [0.05, 0.1) is 11.5 Å². The first-order valence-corrected chi connectivity index (χ1v) is 6.12. The van der Waals surface area contributed by atoms with Gasteiger partial charge in [-0.1, -0.05) is 0 Å². The average Bonchev–Trinajstić information content (AvgIpc) is 2.82. The molecular weight excluding hydrogens is 254 g/mol. The number of carboxylic acid groups (broad SMARTS) is 1. The lowest BCUT2D eigenvalue weighted by Gasteiger charge is -2.10. The molecule has 1 fully saturated rings. The fraction of sp³-hybridized carbons (Fsp3) is 0.429. The number of carbonyl (C=O) groups excluding carboxylic acids is 1. The summed E-state index contributed by atoms with van der Waals surface area (Å²) in [5.41, 5.74) is -0.136. The Hall–Kier alpha value is -1.78.